The zero-order chi connectivity index (χ0) is 7.84. The van der Waals surface area contributed by atoms with Crippen molar-refractivity contribution in [3.8, 4) is 0 Å². The van der Waals surface area contributed by atoms with Crippen molar-refractivity contribution in [2.24, 2.45) is 5.92 Å². The van der Waals surface area contributed by atoms with Crippen LogP contribution < -0.4 is 0 Å². The molecule has 0 aromatic carbocycles. The van der Waals surface area contributed by atoms with E-state index >= 15 is 0 Å². The third-order valence-corrected chi connectivity index (χ3v) is 2.70. The number of rotatable bonds is 1. The van der Waals surface area contributed by atoms with Crippen molar-refractivity contribution in [3.63, 3.8) is 0 Å². The van der Waals surface area contributed by atoms with Crippen LogP contribution in [0.15, 0.2) is 0 Å². The predicted octanol–water partition coefficient (Wildman–Crippen LogP) is -0.000100. The Morgan fingerprint density at radius 3 is 2.73 bits per heavy atom. The fourth-order valence-electron chi connectivity index (χ4n) is 1.69. The molecule has 0 saturated carbocycles. The molecule has 0 aliphatic carbocycles. The molecule has 0 aromatic rings. The van der Waals surface area contributed by atoms with E-state index in [1.165, 1.54) is 0 Å². The molecular weight excluding hydrogens is 168 g/mol. The number of hydrogen-bond donors (Lipinski definition) is 1. The minimum atomic E-state index is -0.0310. The standard InChI is InChI=1S/C7H11ClO3/c8-5-3-11-6-4(1-9)2-10-7(5)6/h4-7,9H,1-3H2/t4-,5-,6+,7+/m1/s1. The van der Waals surface area contributed by atoms with Gasteiger partial charge in [-0.1, -0.05) is 0 Å². The smallest absolute Gasteiger partial charge is 0.103 e. The molecule has 0 radical (unpaired) electrons. The number of fused-ring (bicyclic) bond motifs is 1. The maximum Gasteiger partial charge on any atom is 0.103 e. The van der Waals surface area contributed by atoms with Gasteiger partial charge in [0.1, 0.15) is 6.10 Å². The average Bonchev–Trinajstić information content (AvgIpc) is 2.53. The molecule has 3 nitrogen and oxygen atoms in total. The second-order valence-electron chi connectivity index (χ2n) is 3.05. The fraction of sp³-hybridized carbons (Fsp3) is 1.00. The lowest BCUT2D eigenvalue weighted by molar-refractivity contribution is 0.0498. The summed E-state index contributed by atoms with van der Waals surface area (Å²) in [6, 6.07) is 0. The molecule has 0 spiro atoms. The first-order valence-corrected chi connectivity index (χ1v) is 4.24. The van der Waals surface area contributed by atoms with Crippen molar-refractivity contribution < 1.29 is 14.6 Å². The molecular formula is C7H11ClO3. The maximum atomic E-state index is 8.90. The highest BCUT2D eigenvalue weighted by Crippen LogP contribution is 2.33. The van der Waals surface area contributed by atoms with Crippen molar-refractivity contribution in [2.45, 2.75) is 17.6 Å². The Bertz CT molecular complexity index is 153. The van der Waals surface area contributed by atoms with Crippen LogP contribution >= 0.6 is 11.6 Å². The summed E-state index contributed by atoms with van der Waals surface area (Å²) in [5.74, 6) is 0.128. The normalized spacial score (nSPS) is 49.6. The van der Waals surface area contributed by atoms with Gasteiger partial charge in [-0.15, -0.1) is 11.6 Å². The molecule has 0 aromatic heterocycles. The molecule has 0 bridgehead atoms. The van der Waals surface area contributed by atoms with Crippen LogP contribution in [-0.4, -0.2) is 42.5 Å². The highest BCUT2D eigenvalue weighted by Gasteiger charge is 2.46. The van der Waals surface area contributed by atoms with Crippen molar-refractivity contribution in [3.05, 3.63) is 0 Å². The molecule has 11 heavy (non-hydrogen) atoms. The molecule has 2 heterocycles. The zero-order valence-electron chi connectivity index (χ0n) is 6.07. The van der Waals surface area contributed by atoms with E-state index in [-0.39, 0.29) is 30.1 Å². The Kier molecular flexibility index (Phi) is 2.06. The summed E-state index contributed by atoms with van der Waals surface area (Å²) in [6.45, 7) is 1.26. The lowest BCUT2D eigenvalue weighted by atomic mass is 10.0. The highest BCUT2D eigenvalue weighted by molar-refractivity contribution is 6.21. The molecule has 4 atom stereocenters. The van der Waals surface area contributed by atoms with Gasteiger partial charge in [0.2, 0.25) is 0 Å². The van der Waals surface area contributed by atoms with Crippen LogP contribution in [0.25, 0.3) is 0 Å². The lowest BCUT2D eigenvalue weighted by Crippen LogP contribution is -2.27. The number of aliphatic hydroxyl groups excluding tert-OH is 1. The van der Waals surface area contributed by atoms with Crippen LogP contribution in [-0.2, 0) is 9.47 Å². The highest BCUT2D eigenvalue weighted by atomic mass is 35.5. The largest absolute Gasteiger partial charge is 0.396 e. The van der Waals surface area contributed by atoms with Gasteiger partial charge in [0.15, 0.2) is 0 Å². The quantitative estimate of drug-likeness (QED) is 0.575. The van der Waals surface area contributed by atoms with Gasteiger partial charge in [0.25, 0.3) is 0 Å². The Hall–Kier alpha value is 0.170. The predicted molar refractivity (Wildman–Crippen MR) is 39.7 cm³/mol. The number of ether oxygens (including phenoxy) is 2. The van der Waals surface area contributed by atoms with E-state index in [0.29, 0.717) is 13.2 Å². The van der Waals surface area contributed by atoms with Crippen LogP contribution in [0.2, 0.25) is 0 Å². The van der Waals surface area contributed by atoms with E-state index < -0.39 is 0 Å². The van der Waals surface area contributed by atoms with Crippen molar-refractivity contribution in [1.29, 1.82) is 0 Å². The Morgan fingerprint density at radius 2 is 2.00 bits per heavy atom. The summed E-state index contributed by atoms with van der Waals surface area (Å²) in [5, 5.41) is 8.87. The van der Waals surface area contributed by atoms with E-state index in [0.717, 1.165) is 0 Å². The topological polar surface area (TPSA) is 38.7 Å². The van der Waals surface area contributed by atoms with Crippen molar-refractivity contribution in [2.75, 3.05) is 19.8 Å². The van der Waals surface area contributed by atoms with Crippen LogP contribution in [0.4, 0.5) is 0 Å². The minimum absolute atomic E-state index is 0.00816. The molecule has 2 rings (SSSR count). The monoisotopic (exact) mass is 178 g/mol. The van der Waals surface area contributed by atoms with E-state index in [2.05, 4.69) is 0 Å². The number of alkyl halides is 1. The van der Waals surface area contributed by atoms with Gasteiger partial charge in [0.05, 0.1) is 31.3 Å². The second-order valence-corrected chi connectivity index (χ2v) is 3.62. The first-order chi connectivity index (χ1) is 5.33. The number of halogens is 1. The molecule has 2 saturated heterocycles. The summed E-state index contributed by atoms with van der Waals surface area (Å²) < 4.78 is 10.8. The van der Waals surface area contributed by atoms with Gasteiger partial charge < -0.3 is 14.6 Å². The second kappa shape index (κ2) is 2.90. The van der Waals surface area contributed by atoms with Crippen LogP contribution in [0, 0.1) is 5.92 Å². The minimum Gasteiger partial charge on any atom is -0.396 e. The zero-order valence-corrected chi connectivity index (χ0v) is 6.83. The van der Waals surface area contributed by atoms with E-state index in [4.69, 9.17) is 26.2 Å². The van der Waals surface area contributed by atoms with E-state index in [9.17, 15) is 0 Å². The molecule has 0 unspecified atom stereocenters. The maximum absolute atomic E-state index is 8.90. The number of aliphatic hydroxyl groups is 1. The van der Waals surface area contributed by atoms with Crippen LogP contribution in [0.5, 0.6) is 0 Å². The fourth-order valence-corrected chi connectivity index (χ4v) is 1.98. The van der Waals surface area contributed by atoms with E-state index in [1.807, 2.05) is 0 Å². The Balaban J connectivity index is 2.04. The van der Waals surface area contributed by atoms with Gasteiger partial charge >= 0.3 is 0 Å². The summed E-state index contributed by atoms with van der Waals surface area (Å²) in [7, 11) is 0. The van der Waals surface area contributed by atoms with Gasteiger partial charge in [-0.3, -0.25) is 0 Å². The Morgan fingerprint density at radius 1 is 1.27 bits per heavy atom. The van der Waals surface area contributed by atoms with Gasteiger partial charge in [-0.05, 0) is 0 Å². The Labute approximate surface area is 70.2 Å². The van der Waals surface area contributed by atoms with Crippen molar-refractivity contribution >= 4 is 11.6 Å². The summed E-state index contributed by atoms with van der Waals surface area (Å²) in [5.41, 5.74) is 0. The summed E-state index contributed by atoms with van der Waals surface area (Å²) in [4.78, 5) is 0. The van der Waals surface area contributed by atoms with Crippen molar-refractivity contribution in [1.82, 2.24) is 0 Å². The summed E-state index contributed by atoms with van der Waals surface area (Å²) in [6.07, 6.45) is 0.0383. The molecule has 0 amide bonds. The SMILES string of the molecule is OC[C@@H]1CO[C@@H]2[C@H]1OC[C@H]2Cl. The number of hydrogen-bond acceptors (Lipinski definition) is 3. The lowest BCUT2D eigenvalue weighted by Gasteiger charge is -2.12. The van der Waals surface area contributed by atoms with E-state index in [1.54, 1.807) is 0 Å². The molecule has 1 N–H and O–H groups in total. The average molecular weight is 179 g/mol. The first kappa shape index (κ1) is 7.80. The van der Waals surface area contributed by atoms with Gasteiger partial charge in [0, 0.05) is 5.92 Å². The molecule has 2 fully saturated rings. The molecule has 2 aliphatic rings. The van der Waals surface area contributed by atoms with Gasteiger partial charge in [-0.25, -0.2) is 0 Å². The van der Waals surface area contributed by atoms with Gasteiger partial charge in [-0.2, -0.15) is 0 Å². The molecule has 64 valence electrons. The first-order valence-electron chi connectivity index (χ1n) is 3.81. The van der Waals surface area contributed by atoms with Crippen LogP contribution in [0.3, 0.4) is 0 Å². The third kappa shape index (κ3) is 1.16. The third-order valence-electron chi connectivity index (χ3n) is 2.33. The van der Waals surface area contributed by atoms with Crippen LogP contribution in [0.1, 0.15) is 0 Å². The summed E-state index contributed by atoms with van der Waals surface area (Å²) >= 11 is 5.90. The molecule has 4 heteroatoms. The molecule has 2 aliphatic heterocycles.